The zero-order chi connectivity index (χ0) is 13.7. The molecule has 0 saturated carbocycles. The maximum Gasteiger partial charge on any atom is 0.251 e. The van der Waals surface area contributed by atoms with Crippen LogP contribution in [0, 0.1) is 0 Å². The molecule has 0 aliphatic heterocycles. The second-order valence-electron chi connectivity index (χ2n) is 4.63. The Morgan fingerprint density at radius 2 is 1.78 bits per heavy atom. The summed E-state index contributed by atoms with van der Waals surface area (Å²) >= 11 is 0. The predicted molar refractivity (Wildman–Crippen MR) is 73.7 cm³/mol. The average molecular weight is 250 g/mol. The lowest BCUT2D eigenvalue weighted by molar-refractivity contribution is -0.140. The maximum absolute atomic E-state index is 11.8. The Morgan fingerprint density at radius 3 is 2.22 bits per heavy atom. The van der Waals surface area contributed by atoms with Gasteiger partial charge in [-0.1, -0.05) is 12.1 Å². The van der Waals surface area contributed by atoms with Gasteiger partial charge in [0.2, 0.25) is 0 Å². The van der Waals surface area contributed by atoms with Crippen LogP contribution in [0.4, 0.5) is 5.69 Å². The molecule has 1 atom stereocenters. The highest BCUT2D eigenvalue weighted by Crippen LogP contribution is 2.13. The largest absolute Gasteiger partial charge is 0.378 e. The van der Waals surface area contributed by atoms with E-state index in [0.717, 1.165) is 11.3 Å². The molecule has 0 aliphatic carbocycles. The number of hydrogen-bond acceptors (Lipinski definition) is 3. The summed E-state index contributed by atoms with van der Waals surface area (Å²) in [5.41, 5.74) is 2.26. The lowest BCUT2D eigenvalue weighted by Gasteiger charge is -2.21. The normalized spacial score (nSPS) is 12.1. The SMILES string of the molecule is COC(C)C(=O)N(C)Cc1ccc(N(C)C)cc1. The molecule has 0 saturated heterocycles. The molecule has 0 aliphatic rings. The van der Waals surface area contributed by atoms with Gasteiger partial charge in [-0.15, -0.1) is 0 Å². The summed E-state index contributed by atoms with van der Waals surface area (Å²) < 4.78 is 5.02. The number of benzene rings is 1. The fraction of sp³-hybridized carbons (Fsp3) is 0.500. The standard InChI is InChI=1S/C14H22N2O2/c1-11(18-5)14(17)16(4)10-12-6-8-13(9-7-12)15(2)3/h6-9,11H,10H2,1-5H3. The minimum absolute atomic E-state index is 0.00538. The van der Waals surface area contributed by atoms with Crippen LogP contribution in [0.2, 0.25) is 0 Å². The van der Waals surface area contributed by atoms with Crippen LogP contribution in [-0.4, -0.2) is 45.2 Å². The van der Waals surface area contributed by atoms with Crippen molar-refractivity contribution in [2.75, 3.05) is 33.2 Å². The summed E-state index contributed by atoms with van der Waals surface area (Å²) in [4.78, 5) is 15.6. The van der Waals surface area contributed by atoms with Crippen LogP contribution in [0.5, 0.6) is 0 Å². The van der Waals surface area contributed by atoms with E-state index in [2.05, 4.69) is 0 Å². The molecule has 18 heavy (non-hydrogen) atoms. The number of amides is 1. The van der Waals surface area contributed by atoms with Gasteiger partial charge in [0.1, 0.15) is 6.10 Å². The van der Waals surface area contributed by atoms with Crippen LogP contribution >= 0.6 is 0 Å². The van der Waals surface area contributed by atoms with Crippen LogP contribution in [-0.2, 0) is 16.1 Å². The Labute approximate surface area is 109 Å². The third kappa shape index (κ3) is 3.74. The maximum atomic E-state index is 11.8. The van der Waals surface area contributed by atoms with E-state index in [1.807, 2.05) is 43.3 Å². The Balaban J connectivity index is 2.64. The number of carbonyl (C=O) groups excluding carboxylic acids is 1. The first-order chi connectivity index (χ1) is 8.45. The molecule has 0 heterocycles. The molecule has 1 rings (SSSR count). The van der Waals surface area contributed by atoms with Crippen molar-refractivity contribution in [2.45, 2.75) is 19.6 Å². The van der Waals surface area contributed by atoms with Crippen molar-refractivity contribution < 1.29 is 9.53 Å². The van der Waals surface area contributed by atoms with Crippen LogP contribution in [0.1, 0.15) is 12.5 Å². The summed E-state index contributed by atoms with van der Waals surface area (Å²) in [7, 11) is 7.34. The number of nitrogens with zero attached hydrogens (tertiary/aromatic N) is 2. The lowest BCUT2D eigenvalue weighted by atomic mass is 10.2. The van der Waals surface area contributed by atoms with Crippen molar-refractivity contribution in [2.24, 2.45) is 0 Å². The monoisotopic (exact) mass is 250 g/mol. The molecule has 1 aromatic carbocycles. The predicted octanol–water partition coefficient (Wildman–Crippen LogP) is 1.75. The molecule has 0 radical (unpaired) electrons. The van der Waals surface area contributed by atoms with Gasteiger partial charge in [0, 0.05) is 40.5 Å². The molecule has 1 unspecified atom stereocenters. The van der Waals surface area contributed by atoms with Gasteiger partial charge in [-0.3, -0.25) is 4.79 Å². The van der Waals surface area contributed by atoms with Gasteiger partial charge in [-0.25, -0.2) is 0 Å². The molecule has 0 aromatic heterocycles. The third-order valence-electron chi connectivity index (χ3n) is 2.95. The fourth-order valence-corrected chi connectivity index (χ4v) is 1.66. The van der Waals surface area contributed by atoms with Gasteiger partial charge < -0.3 is 14.5 Å². The molecule has 0 fully saturated rings. The van der Waals surface area contributed by atoms with Crippen molar-refractivity contribution in [3.05, 3.63) is 29.8 Å². The van der Waals surface area contributed by atoms with E-state index >= 15 is 0 Å². The van der Waals surface area contributed by atoms with Gasteiger partial charge in [0.15, 0.2) is 0 Å². The fourth-order valence-electron chi connectivity index (χ4n) is 1.66. The second kappa shape index (κ2) is 6.40. The number of likely N-dealkylation sites (N-methyl/N-ethyl adjacent to an activating group) is 1. The van der Waals surface area contributed by atoms with E-state index in [4.69, 9.17) is 4.74 Å². The summed E-state index contributed by atoms with van der Waals surface area (Å²) in [6.45, 7) is 2.36. The summed E-state index contributed by atoms with van der Waals surface area (Å²) in [5.74, 6) is -0.00538. The molecule has 0 N–H and O–H groups in total. The third-order valence-corrected chi connectivity index (χ3v) is 2.95. The minimum atomic E-state index is -0.393. The van der Waals surface area contributed by atoms with Gasteiger partial charge >= 0.3 is 0 Å². The van der Waals surface area contributed by atoms with Crippen molar-refractivity contribution in [3.8, 4) is 0 Å². The van der Waals surface area contributed by atoms with Gasteiger partial charge in [-0.05, 0) is 24.6 Å². The van der Waals surface area contributed by atoms with E-state index in [9.17, 15) is 4.79 Å². The number of hydrogen-bond donors (Lipinski definition) is 0. The van der Waals surface area contributed by atoms with E-state index in [-0.39, 0.29) is 5.91 Å². The average Bonchev–Trinajstić information content (AvgIpc) is 2.37. The Hall–Kier alpha value is -1.55. The minimum Gasteiger partial charge on any atom is -0.378 e. The summed E-state index contributed by atoms with van der Waals surface area (Å²) in [5, 5.41) is 0. The van der Waals surface area contributed by atoms with Crippen LogP contribution in [0.3, 0.4) is 0 Å². The highest BCUT2D eigenvalue weighted by atomic mass is 16.5. The van der Waals surface area contributed by atoms with Crippen molar-refractivity contribution in [1.29, 1.82) is 0 Å². The van der Waals surface area contributed by atoms with E-state index < -0.39 is 6.10 Å². The lowest BCUT2D eigenvalue weighted by Crippen LogP contribution is -2.35. The van der Waals surface area contributed by atoms with Crippen LogP contribution in [0.15, 0.2) is 24.3 Å². The Bertz CT molecular complexity index is 387. The van der Waals surface area contributed by atoms with Gasteiger partial charge in [0.25, 0.3) is 5.91 Å². The van der Waals surface area contributed by atoms with E-state index in [1.54, 1.807) is 26.0 Å². The molecular formula is C14H22N2O2. The summed E-state index contributed by atoms with van der Waals surface area (Å²) in [6.07, 6.45) is -0.393. The van der Waals surface area contributed by atoms with E-state index in [1.165, 1.54) is 0 Å². The quantitative estimate of drug-likeness (QED) is 0.798. The smallest absolute Gasteiger partial charge is 0.251 e. The molecular weight excluding hydrogens is 228 g/mol. The molecule has 0 spiro atoms. The number of methoxy groups -OCH3 is 1. The zero-order valence-corrected chi connectivity index (χ0v) is 11.8. The van der Waals surface area contributed by atoms with Gasteiger partial charge in [-0.2, -0.15) is 0 Å². The Kier molecular flexibility index (Phi) is 5.16. The van der Waals surface area contributed by atoms with Crippen molar-refractivity contribution >= 4 is 11.6 Å². The Morgan fingerprint density at radius 1 is 1.22 bits per heavy atom. The van der Waals surface area contributed by atoms with Gasteiger partial charge in [0.05, 0.1) is 0 Å². The topological polar surface area (TPSA) is 32.8 Å². The summed E-state index contributed by atoms with van der Waals surface area (Å²) in [6, 6.07) is 8.17. The highest BCUT2D eigenvalue weighted by molar-refractivity contribution is 5.80. The molecule has 0 bridgehead atoms. The van der Waals surface area contributed by atoms with Crippen molar-refractivity contribution in [1.82, 2.24) is 4.90 Å². The van der Waals surface area contributed by atoms with Crippen LogP contribution < -0.4 is 4.90 Å². The first-order valence-electron chi connectivity index (χ1n) is 5.99. The molecule has 1 amide bonds. The number of anilines is 1. The number of carbonyl (C=O) groups is 1. The zero-order valence-electron chi connectivity index (χ0n) is 11.8. The highest BCUT2D eigenvalue weighted by Gasteiger charge is 2.16. The van der Waals surface area contributed by atoms with E-state index in [0.29, 0.717) is 6.54 Å². The second-order valence-corrected chi connectivity index (χ2v) is 4.63. The number of rotatable bonds is 5. The first kappa shape index (κ1) is 14.5. The molecule has 4 nitrogen and oxygen atoms in total. The van der Waals surface area contributed by atoms with Crippen LogP contribution in [0.25, 0.3) is 0 Å². The molecule has 1 aromatic rings. The molecule has 100 valence electrons. The number of ether oxygens (including phenoxy) is 1. The first-order valence-corrected chi connectivity index (χ1v) is 5.99. The van der Waals surface area contributed by atoms with Crippen molar-refractivity contribution in [3.63, 3.8) is 0 Å². The molecule has 4 heteroatoms.